The normalized spacial score (nSPS) is 28.5. The predicted octanol–water partition coefficient (Wildman–Crippen LogP) is 3.96. The fraction of sp³-hybridized carbons (Fsp3) is 0.697. The standard InChI is InChI=1S/C33H48FN6O4S/c1-23-21-37(33(4)12-16-36(17-13-33)32(41)30-24(2)35-22-40(42)25(30)3)18-19-39(23)31(27-6-5-7-28(34)20-27)26-10-14-38(15-11-26)45(43,44)29-8-9-29/h5-7,20,22-23,25-26,29,31H,8-19,21H2,1-4H3/q-1/t23-,25?,31?/m0/s1. The molecule has 0 N–H and O–H groups in total. The van der Waals surface area contributed by atoms with Crippen molar-refractivity contribution in [3.8, 4) is 0 Å². The molecule has 248 valence electrons. The molecule has 12 heteroatoms. The van der Waals surface area contributed by atoms with E-state index in [2.05, 4.69) is 28.6 Å². The molecule has 45 heavy (non-hydrogen) atoms. The molecule has 1 saturated carbocycles. The van der Waals surface area contributed by atoms with Crippen LogP contribution in [0.4, 0.5) is 4.39 Å². The van der Waals surface area contributed by atoms with Gasteiger partial charge in [-0.15, -0.1) is 0 Å². The second-order valence-corrected chi connectivity index (χ2v) is 16.3. The van der Waals surface area contributed by atoms with E-state index in [4.69, 9.17) is 0 Å². The van der Waals surface area contributed by atoms with Crippen LogP contribution in [0.3, 0.4) is 0 Å². The molecule has 1 aromatic rings. The number of rotatable bonds is 7. The third-order valence-electron chi connectivity index (χ3n) is 11.2. The van der Waals surface area contributed by atoms with Crippen molar-refractivity contribution in [2.75, 3.05) is 45.8 Å². The Morgan fingerprint density at radius 2 is 1.73 bits per heavy atom. The number of carbonyl (C=O) groups excluding carboxylic acids is 1. The Labute approximate surface area is 267 Å². The van der Waals surface area contributed by atoms with Crippen LogP contribution in [0.1, 0.15) is 77.8 Å². The highest BCUT2D eigenvalue weighted by atomic mass is 32.2. The molecule has 0 bridgehead atoms. The number of nitrogens with zero attached hydrogens (tertiary/aromatic N) is 6. The fourth-order valence-electron chi connectivity index (χ4n) is 8.08. The molecule has 3 atom stereocenters. The topological polar surface area (TPSA) is 103 Å². The molecular formula is C33H48FN6O4S-. The van der Waals surface area contributed by atoms with Crippen LogP contribution in [-0.4, -0.2) is 113 Å². The van der Waals surface area contributed by atoms with E-state index in [1.54, 1.807) is 30.3 Å². The number of hydrogen-bond donors (Lipinski definition) is 0. The predicted molar refractivity (Wildman–Crippen MR) is 173 cm³/mol. The summed E-state index contributed by atoms with van der Waals surface area (Å²) in [6, 6.07) is 6.65. The average Bonchev–Trinajstić information content (AvgIpc) is 3.88. The van der Waals surface area contributed by atoms with Crippen LogP contribution in [0.2, 0.25) is 0 Å². The number of carbonyl (C=O) groups is 1. The van der Waals surface area contributed by atoms with Gasteiger partial charge in [0.05, 0.1) is 17.2 Å². The molecule has 5 aliphatic rings. The van der Waals surface area contributed by atoms with Crippen LogP contribution in [0.15, 0.2) is 40.5 Å². The SMILES string of the molecule is CC1=C(C(=O)N2CCC(C)(N3CCN(C(c4cccc(F)c4)C4CCN(S(=O)(=O)C5CC5)CC4)[C@@H](C)C3)CC2)C(C)N([O-])C=N1. The molecule has 6 rings (SSSR count). The van der Waals surface area contributed by atoms with E-state index in [-0.39, 0.29) is 40.5 Å². The number of amides is 1. The maximum absolute atomic E-state index is 14.5. The van der Waals surface area contributed by atoms with E-state index in [0.717, 1.165) is 68.8 Å². The van der Waals surface area contributed by atoms with Crippen molar-refractivity contribution in [1.82, 2.24) is 24.1 Å². The lowest BCUT2D eigenvalue weighted by Gasteiger charge is -2.54. The summed E-state index contributed by atoms with van der Waals surface area (Å²) in [5.74, 6) is -0.0906. The third-order valence-corrected chi connectivity index (χ3v) is 13.6. The molecule has 10 nitrogen and oxygen atoms in total. The van der Waals surface area contributed by atoms with Gasteiger partial charge in [-0.3, -0.25) is 14.6 Å². The Morgan fingerprint density at radius 3 is 2.36 bits per heavy atom. The van der Waals surface area contributed by atoms with Crippen LogP contribution >= 0.6 is 0 Å². The van der Waals surface area contributed by atoms with Crippen molar-refractivity contribution in [2.45, 2.75) is 95.1 Å². The summed E-state index contributed by atoms with van der Waals surface area (Å²) >= 11 is 0. The average molecular weight is 644 g/mol. The lowest BCUT2D eigenvalue weighted by molar-refractivity contribution is -0.131. The maximum atomic E-state index is 14.5. The van der Waals surface area contributed by atoms with Gasteiger partial charge in [-0.2, -0.15) is 0 Å². The number of allylic oxidation sites excluding steroid dienone is 1. The zero-order valence-electron chi connectivity index (χ0n) is 27.1. The highest BCUT2D eigenvalue weighted by Gasteiger charge is 2.45. The van der Waals surface area contributed by atoms with E-state index in [0.29, 0.717) is 37.4 Å². The number of sulfonamides is 1. The fourth-order valence-corrected chi connectivity index (χ4v) is 9.95. The minimum Gasteiger partial charge on any atom is -0.757 e. The van der Waals surface area contributed by atoms with E-state index in [1.807, 2.05) is 11.0 Å². The van der Waals surface area contributed by atoms with E-state index >= 15 is 0 Å². The molecule has 1 amide bonds. The first-order valence-electron chi connectivity index (χ1n) is 16.6. The number of halogens is 1. The lowest BCUT2D eigenvalue weighted by Crippen LogP contribution is -2.63. The summed E-state index contributed by atoms with van der Waals surface area (Å²) < 4.78 is 42.0. The Bertz CT molecular complexity index is 1430. The van der Waals surface area contributed by atoms with E-state index in [1.165, 1.54) is 12.4 Å². The summed E-state index contributed by atoms with van der Waals surface area (Å²) in [7, 11) is -3.19. The Hall–Kier alpha value is -2.38. The first kappa shape index (κ1) is 32.6. The molecule has 2 unspecified atom stereocenters. The number of piperazine rings is 1. The molecule has 0 radical (unpaired) electrons. The van der Waals surface area contributed by atoms with Crippen LogP contribution in [0, 0.1) is 16.9 Å². The van der Waals surface area contributed by atoms with Gasteiger partial charge in [-0.05, 0) is 89.8 Å². The Kier molecular flexibility index (Phi) is 9.17. The third kappa shape index (κ3) is 6.45. The number of hydroxylamine groups is 2. The summed E-state index contributed by atoms with van der Waals surface area (Å²) in [4.78, 5) is 24.5. The second-order valence-electron chi connectivity index (χ2n) is 14.1. The van der Waals surface area contributed by atoms with E-state index in [9.17, 15) is 22.8 Å². The largest absolute Gasteiger partial charge is 0.757 e. The molecular weight excluding hydrogens is 595 g/mol. The van der Waals surface area contributed by atoms with Crippen molar-refractivity contribution in [3.05, 3.63) is 52.1 Å². The maximum Gasteiger partial charge on any atom is 0.253 e. The second kappa shape index (κ2) is 12.7. The first-order chi connectivity index (χ1) is 21.4. The number of hydrogen-bond acceptors (Lipinski definition) is 8. The molecule has 4 aliphatic heterocycles. The van der Waals surface area contributed by atoms with Crippen LogP contribution in [0.25, 0.3) is 0 Å². The highest BCUT2D eigenvalue weighted by molar-refractivity contribution is 7.90. The van der Waals surface area contributed by atoms with Gasteiger partial charge in [0.15, 0.2) is 0 Å². The zero-order valence-corrected chi connectivity index (χ0v) is 27.9. The van der Waals surface area contributed by atoms with Crippen LogP contribution < -0.4 is 0 Å². The van der Waals surface area contributed by atoms with Gasteiger partial charge >= 0.3 is 0 Å². The monoisotopic (exact) mass is 643 g/mol. The van der Waals surface area contributed by atoms with Gasteiger partial charge in [-0.1, -0.05) is 12.1 Å². The number of likely N-dealkylation sites (tertiary alicyclic amines) is 1. The summed E-state index contributed by atoms with van der Waals surface area (Å²) in [6.45, 7) is 13.0. The number of benzene rings is 1. The smallest absolute Gasteiger partial charge is 0.253 e. The van der Waals surface area contributed by atoms with Crippen LogP contribution in [-0.2, 0) is 14.8 Å². The summed E-state index contributed by atoms with van der Waals surface area (Å²) in [6.07, 6.45) is 6.02. The molecule has 4 heterocycles. The van der Waals surface area contributed by atoms with Gasteiger partial charge in [-0.25, -0.2) is 22.1 Å². The summed E-state index contributed by atoms with van der Waals surface area (Å²) in [5.41, 5.74) is 2.01. The van der Waals surface area contributed by atoms with Crippen LogP contribution in [0.5, 0.6) is 0 Å². The van der Waals surface area contributed by atoms with E-state index < -0.39 is 16.1 Å². The zero-order chi connectivity index (χ0) is 32.1. The van der Waals surface area contributed by atoms with Gasteiger partial charge in [0, 0.05) is 75.2 Å². The highest BCUT2D eigenvalue weighted by Crippen LogP contribution is 2.41. The number of piperidine rings is 2. The molecule has 3 saturated heterocycles. The molecule has 4 fully saturated rings. The van der Waals surface area contributed by atoms with Crippen molar-refractivity contribution in [2.24, 2.45) is 10.9 Å². The molecule has 1 aliphatic carbocycles. The Morgan fingerprint density at radius 1 is 1.04 bits per heavy atom. The van der Waals surface area contributed by atoms with Crippen molar-refractivity contribution in [1.29, 1.82) is 0 Å². The first-order valence-corrected chi connectivity index (χ1v) is 18.1. The van der Waals surface area contributed by atoms with Gasteiger partial charge in [0.1, 0.15) is 5.82 Å². The molecule has 0 aromatic heterocycles. The number of aliphatic imine (C=N–C) groups is 1. The molecule has 0 spiro atoms. The van der Waals surface area contributed by atoms with Crippen molar-refractivity contribution >= 4 is 22.3 Å². The Balaban J connectivity index is 1.12. The quantitative estimate of drug-likeness (QED) is 0.443. The minimum absolute atomic E-state index is 0.0214. The van der Waals surface area contributed by atoms with Crippen molar-refractivity contribution in [3.63, 3.8) is 0 Å². The molecule has 1 aromatic carbocycles. The van der Waals surface area contributed by atoms with Gasteiger partial charge in [0.2, 0.25) is 10.0 Å². The van der Waals surface area contributed by atoms with Crippen molar-refractivity contribution < 1.29 is 17.6 Å². The summed E-state index contributed by atoms with van der Waals surface area (Å²) in [5, 5.41) is 12.7. The van der Waals surface area contributed by atoms with Gasteiger partial charge < -0.3 is 15.2 Å². The lowest BCUT2D eigenvalue weighted by atomic mass is 9.82. The van der Waals surface area contributed by atoms with Gasteiger partial charge in [0.25, 0.3) is 5.91 Å². The minimum atomic E-state index is -3.19.